The van der Waals surface area contributed by atoms with E-state index >= 15 is 0 Å². The zero-order valence-electron chi connectivity index (χ0n) is 11.3. The van der Waals surface area contributed by atoms with Gasteiger partial charge in [0.1, 0.15) is 11.9 Å². The van der Waals surface area contributed by atoms with Gasteiger partial charge >= 0.3 is 6.09 Å². The van der Waals surface area contributed by atoms with Gasteiger partial charge in [-0.2, -0.15) is 0 Å². The van der Waals surface area contributed by atoms with Crippen LogP contribution in [0.15, 0.2) is 24.3 Å². The molecule has 4 nitrogen and oxygen atoms in total. The van der Waals surface area contributed by atoms with E-state index in [0.29, 0.717) is 0 Å². The van der Waals surface area contributed by atoms with Crippen molar-refractivity contribution in [1.29, 1.82) is 0 Å². The Hall–Kier alpha value is -1.71. The predicted octanol–water partition coefficient (Wildman–Crippen LogP) is 3.13. The standard InChI is InChI=1S/C15H19NO3/c1-10-4-3-5-13-14(19-15(17)16(10)13)11-6-8-12(18-2)9-7-11/h6-10,13-14H,3-5H2,1-2H3/t10-,13+,14+/m1/s1. The van der Waals surface area contributed by atoms with Crippen LogP contribution in [0.5, 0.6) is 5.75 Å². The summed E-state index contributed by atoms with van der Waals surface area (Å²) in [7, 11) is 1.65. The van der Waals surface area contributed by atoms with Crippen LogP contribution in [0.3, 0.4) is 0 Å². The molecule has 102 valence electrons. The summed E-state index contributed by atoms with van der Waals surface area (Å²) in [5.41, 5.74) is 1.05. The molecule has 0 radical (unpaired) electrons. The quantitative estimate of drug-likeness (QED) is 0.821. The normalized spacial score (nSPS) is 29.9. The van der Waals surface area contributed by atoms with Crippen molar-refractivity contribution in [3.05, 3.63) is 29.8 Å². The second kappa shape index (κ2) is 4.76. The molecule has 1 aromatic carbocycles. The van der Waals surface area contributed by atoms with Crippen LogP contribution in [-0.4, -0.2) is 30.2 Å². The molecule has 0 bridgehead atoms. The minimum Gasteiger partial charge on any atom is -0.497 e. The summed E-state index contributed by atoms with van der Waals surface area (Å²) in [5, 5.41) is 0. The third-order valence-corrected chi connectivity index (χ3v) is 4.19. The maximum absolute atomic E-state index is 12.0. The summed E-state index contributed by atoms with van der Waals surface area (Å²) in [6.07, 6.45) is 2.94. The van der Waals surface area contributed by atoms with Gasteiger partial charge in [0.05, 0.1) is 13.2 Å². The molecule has 0 saturated carbocycles. The monoisotopic (exact) mass is 261 g/mol. The second-order valence-corrected chi connectivity index (χ2v) is 5.33. The molecule has 0 N–H and O–H groups in total. The highest BCUT2D eigenvalue weighted by molar-refractivity contribution is 5.71. The van der Waals surface area contributed by atoms with Gasteiger partial charge in [-0.3, -0.25) is 4.90 Å². The zero-order valence-corrected chi connectivity index (χ0v) is 11.3. The van der Waals surface area contributed by atoms with Crippen LogP contribution in [-0.2, 0) is 4.74 Å². The van der Waals surface area contributed by atoms with Gasteiger partial charge in [0, 0.05) is 6.04 Å². The van der Waals surface area contributed by atoms with Crippen LogP contribution in [0.2, 0.25) is 0 Å². The number of hydrogen-bond acceptors (Lipinski definition) is 3. The molecule has 4 heteroatoms. The fourth-order valence-electron chi connectivity index (χ4n) is 3.17. The van der Waals surface area contributed by atoms with Gasteiger partial charge in [-0.25, -0.2) is 4.79 Å². The van der Waals surface area contributed by atoms with E-state index in [1.807, 2.05) is 29.2 Å². The molecular formula is C15H19NO3. The van der Waals surface area contributed by atoms with Crippen molar-refractivity contribution in [2.45, 2.75) is 44.4 Å². The Morgan fingerprint density at radius 1 is 1.26 bits per heavy atom. The number of rotatable bonds is 2. The SMILES string of the molecule is COc1ccc([C@@H]2OC(=O)N3[C@H](C)CCC[C@@H]23)cc1. The van der Waals surface area contributed by atoms with Crippen molar-refractivity contribution in [2.24, 2.45) is 0 Å². The highest BCUT2D eigenvalue weighted by Gasteiger charge is 2.46. The van der Waals surface area contributed by atoms with Crippen LogP contribution < -0.4 is 4.74 Å². The minimum atomic E-state index is -0.169. The molecule has 2 aliphatic rings. The summed E-state index contributed by atoms with van der Waals surface area (Å²) >= 11 is 0. The number of fused-ring (bicyclic) bond motifs is 1. The molecule has 3 atom stereocenters. The highest BCUT2D eigenvalue weighted by Crippen LogP contribution is 2.40. The first kappa shape index (κ1) is 12.3. The molecule has 2 fully saturated rings. The number of benzene rings is 1. The number of methoxy groups -OCH3 is 1. The van der Waals surface area contributed by atoms with E-state index in [1.165, 1.54) is 0 Å². The van der Waals surface area contributed by atoms with E-state index in [9.17, 15) is 4.79 Å². The molecule has 0 aromatic heterocycles. The Morgan fingerprint density at radius 2 is 2.00 bits per heavy atom. The van der Waals surface area contributed by atoms with Gasteiger partial charge in [0.2, 0.25) is 0 Å². The summed E-state index contributed by atoms with van der Waals surface area (Å²) < 4.78 is 10.7. The average Bonchev–Trinajstić information content (AvgIpc) is 2.78. The molecule has 19 heavy (non-hydrogen) atoms. The molecule has 0 spiro atoms. The molecule has 2 aliphatic heterocycles. The van der Waals surface area contributed by atoms with Crippen molar-refractivity contribution >= 4 is 6.09 Å². The smallest absolute Gasteiger partial charge is 0.411 e. The fraction of sp³-hybridized carbons (Fsp3) is 0.533. The molecular weight excluding hydrogens is 242 g/mol. The summed E-state index contributed by atoms with van der Waals surface area (Å²) in [4.78, 5) is 13.9. The third kappa shape index (κ3) is 2.05. The minimum absolute atomic E-state index is 0.138. The number of cyclic esters (lactones) is 1. The van der Waals surface area contributed by atoms with E-state index in [4.69, 9.17) is 9.47 Å². The van der Waals surface area contributed by atoms with Crippen LogP contribution >= 0.6 is 0 Å². The number of carbonyl (C=O) groups excluding carboxylic acids is 1. The van der Waals surface area contributed by atoms with Crippen molar-refractivity contribution < 1.29 is 14.3 Å². The van der Waals surface area contributed by atoms with Gasteiger partial charge in [0.25, 0.3) is 0 Å². The van der Waals surface area contributed by atoms with Crippen LogP contribution in [0.25, 0.3) is 0 Å². The first-order valence-electron chi connectivity index (χ1n) is 6.83. The summed E-state index contributed by atoms with van der Waals surface area (Å²) in [6.45, 7) is 2.10. The lowest BCUT2D eigenvalue weighted by molar-refractivity contribution is 0.128. The van der Waals surface area contributed by atoms with Crippen LogP contribution in [0.4, 0.5) is 4.79 Å². The lowest BCUT2D eigenvalue weighted by Crippen LogP contribution is -2.44. The van der Waals surface area contributed by atoms with Crippen molar-refractivity contribution in [2.75, 3.05) is 7.11 Å². The average molecular weight is 261 g/mol. The largest absolute Gasteiger partial charge is 0.497 e. The van der Waals surface area contributed by atoms with Gasteiger partial charge in [0.15, 0.2) is 0 Å². The first-order chi connectivity index (χ1) is 9.20. The lowest BCUT2D eigenvalue weighted by atomic mass is 9.91. The molecule has 0 aliphatic carbocycles. The van der Waals surface area contributed by atoms with E-state index in [1.54, 1.807) is 7.11 Å². The van der Waals surface area contributed by atoms with Crippen molar-refractivity contribution in [3.63, 3.8) is 0 Å². The topological polar surface area (TPSA) is 38.8 Å². The number of hydrogen-bond donors (Lipinski definition) is 0. The molecule has 1 amide bonds. The molecule has 3 rings (SSSR count). The maximum atomic E-state index is 12.0. The maximum Gasteiger partial charge on any atom is 0.411 e. The van der Waals surface area contributed by atoms with E-state index in [0.717, 1.165) is 30.6 Å². The Bertz CT molecular complexity index is 471. The van der Waals surface area contributed by atoms with Crippen LogP contribution in [0, 0.1) is 0 Å². The number of carbonyl (C=O) groups is 1. The molecule has 2 saturated heterocycles. The molecule has 0 unspecified atom stereocenters. The number of ether oxygens (including phenoxy) is 2. The molecule has 2 heterocycles. The number of amides is 1. The Kier molecular flexibility index (Phi) is 3.09. The predicted molar refractivity (Wildman–Crippen MR) is 71.2 cm³/mol. The first-order valence-corrected chi connectivity index (χ1v) is 6.83. The number of nitrogens with zero attached hydrogens (tertiary/aromatic N) is 1. The molecule has 1 aromatic rings. The Morgan fingerprint density at radius 3 is 2.68 bits per heavy atom. The lowest BCUT2D eigenvalue weighted by Gasteiger charge is -2.34. The van der Waals surface area contributed by atoms with Gasteiger partial charge in [-0.15, -0.1) is 0 Å². The highest BCUT2D eigenvalue weighted by atomic mass is 16.6. The Labute approximate surface area is 113 Å². The van der Waals surface area contributed by atoms with Crippen LogP contribution in [0.1, 0.15) is 37.9 Å². The van der Waals surface area contributed by atoms with E-state index in [-0.39, 0.29) is 24.3 Å². The van der Waals surface area contributed by atoms with Gasteiger partial charge < -0.3 is 9.47 Å². The van der Waals surface area contributed by atoms with Crippen molar-refractivity contribution in [3.8, 4) is 5.75 Å². The summed E-state index contributed by atoms with van der Waals surface area (Å²) in [5.74, 6) is 0.821. The fourth-order valence-corrected chi connectivity index (χ4v) is 3.17. The van der Waals surface area contributed by atoms with E-state index in [2.05, 4.69) is 6.92 Å². The van der Waals surface area contributed by atoms with Crippen molar-refractivity contribution in [1.82, 2.24) is 4.90 Å². The summed E-state index contributed by atoms with van der Waals surface area (Å²) in [6, 6.07) is 8.27. The second-order valence-electron chi connectivity index (χ2n) is 5.33. The third-order valence-electron chi connectivity index (χ3n) is 4.19. The Balaban J connectivity index is 1.86. The zero-order chi connectivity index (χ0) is 13.4. The van der Waals surface area contributed by atoms with Gasteiger partial charge in [-0.05, 0) is 43.9 Å². The number of piperidine rings is 1. The van der Waals surface area contributed by atoms with E-state index < -0.39 is 0 Å². The van der Waals surface area contributed by atoms with Gasteiger partial charge in [-0.1, -0.05) is 12.1 Å².